The van der Waals surface area contributed by atoms with E-state index in [1.807, 2.05) is 47.0 Å². The van der Waals surface area contributed by atoms with Gasteiger partial charge in [-0.15, -0.1) is 0 Å². The third-order valence-electron chi connectivity index (χ3n) is 7.85. The van der Waals surface area contributed by atoms with E-state index in [-0.39, 0.29) is 11.2 Å². The normalized spacial score (nSPS) is 18.6. The van der Waals surface area contributed by atoms with Crippen molar-refractivity contribution < 1.29 is 4.79 Å². The van der Waals surface area contributed by atoms with Gasteiger partial charge in [-0.1, -0.05) is 74.0 Å². The molecule has 1 atom stereocenters. The highest BCUT2D eigenvalue weighted by Crippen LogP contribution is 2.51. The summed E-state index contributed by atoms with van der Waals surface area (Å²) in [7, 11) is 0. The fourth-order valence-electron chi connectivity index (χ4n) is 5.99. The number of aryl methyl sites for hydroxylation is 1. The molecule has 0 amide bonds. The van der Waals surface area contributed by atoms with E-state index in [9.17, 15) is 10.1 Å². The lowest BCUT2D eigenvalue weighted by Crippen LogP contribution is -2.42. The number of ketones is 1. The Balaban J connectivity index is 1.64. The Labute approximate surface area is 250 Å². The van der Waals surface area contributed by atoms with E-state index in [1.54, 1.807) is 0 Å². The summed E-state index contributed by atoms with van der Waals surface area (Å²) in [6.45, 7) is 8.46. The Morgan fingerprint density at radius 3 is 2.45 bits per heavy atom. The third kappa shape index (κ3) is 5.38. The van der Waals surface area contributed by atoms with Crippen LogP contribution in [0.5, 0.6) is 0 Å². The number of hydrogen-bond donors (Lipinski definition) is 1. The van der Waals surface area contributed by atoms with Gasteiger partial charge in [0.1, 0.15) is 5.82 Å². The molecule has 0 saturated carbocycles. The van der Waals surface area contributed by atoms with Gasteiger partial charge in [0, 0.05) is 33.7 Å². The molecule has 2 aliphatic rings. The van der Waals surface area contributed by atoms with Crippen LogP contribution < -0.4 is 10.6 Å². The number of hydrogen-bond acceptors (Lipinski definition) is 5. The first-order valence-electron chi connectivity index (χ1n) is 13.5. The minimum absolute atomic E-state index is 0.0921. The molecule has 3 aromatic rings. The molecule has 0 fully saturated rings. The summed E-state index contributed by atoms with van der Waals surface area (Å²) >= 11 is 5.55. The molecule has 3 aromatic carbocycles. The highest BCUT2D eigenvalue weighted by Gasteiger charge is 2.45. The summed E-state index contributed by atoms with van der Waals surface area (Å²) in [5.41, 5.74) is 15.3. The van der Waals surface area contributed by atoms with Crippen LogP contribution in [-0.4, -0.2) is 5.78 Å². The Morgan fingerprint density at radius 2 is 1.75 bits per heavy atom. The molecule has 0 saturated heterocycles. The first-order chi connectivity index (χ1) is 19.1. The maximum atomic E-state index is 14.0. The van der Waals surface area contributed by atoms with Crippen molar-refractivity contribution in [2.24, 2.45) is 11.1 Å². The van der Waals surface area contributed by atoms with Crippen molar-refractivity contribution in [2.75, 3.05) is 4.90 Å². The van der Waals surface area contributed by atoms with Gasteiger partial charge in [0.15, 0.2) is 5.78 Å². The van der Waals surface area contributed by atoms with Crippen LogP contribution in [0, 0.1) is 30.6 Å². The van der Waals surface area contributed by atoms with Gasteiger partial charge in [-0.2, -0.15) is 17.0 Å². The number of benzene rings is 3. The predicted molar refractivity (Wildman–Crippen MR) is 169 cm³/mol. The zero-order valence-corrected chi connectivity index (χ0v) is 25.8. The van der Waals surface area contributed by atoms with E-state index in [2.05, 4.69) is 86.1 Å². The highest BCUT2D eigenvalue weighted by atomic mass is 79.9. The Bertz CT molecular complexity index is 1580. The second kappa shape index (κ2) is 11.3. The summed E-state index contributed by atoms with van der Waals surface area (Å²) in [6, 6.07) is 25.1. The van der Waals surface area contributed by atoms with E-state index >= 15 is 0 Å². The van der Waals surface area contributed by atoms with Crippen molar-refractivity contribution in [2.45, 2.75) is 58.0 Å². The molecule has 1 aliphatic heterocycles. The molecule has 204 valence electrons. The SMILES string of the molecule is Cc1cc(CSCc2ccccc2)c(C)c(C2C(C#N)=C(N)N(c3ccccc3Br)C3=C2C(=O)CC(C)(C)C3)c1. The molecule has 1 aliphatic carbocycles. The van der Waals surface area contributed by atoms with Gasteiger partial charge in [0.2, 0.25) is 0 Å². The van der Waals surface area contributed by atoms with Crippen LogP contribution in [0.3, 0.4) is 0 Å². The lowest BCUT2D eigenvalue weighted by atomic mass is 9.68. The molecule has 0 radical (unpaired) electrons. The summed E-state index contributed by atoms with van der Waals surface area (Å²) in [4.78, 5) is 15.9. The smallest absolute Gasteiger partial charge is 0.162 e. The first-order valence-corrected chi connectivity index (χ1v) is 15.5. The molecule has 40 heavy (non-hydrogen) atoms. The number of halogens is 1. The lowest BCUT2D eigenvalue weighted by Gasteiger charge is -2.44. The maximum absolute atomic E-state index is 14.0. The lowest BCUT2D eigenvalue weighted by molar-refractivity contribution is -0.118. The van der Waals surface area contributed by atoms with Crippen molar-refractivity contribution in [3.8, 4) is 6.07 Å². The van der Waals surface area contributed by atoms with Crippen LogP contribution in [-0.2, 0) is 16.3 Å². The Kier molecular flexibility index (Phi) is 7.99. The van der Waals surface area contributed by atoms with Crippen LogP contribution in [0.1, 0.15) is 60.4 Å². The molecule has 1 heterocycles. The molecule has 2 N–H and O–H groups in total. The fraction of sp³-hybridized carbons (Fsp3) is 0.294. The molecular weight excluding hydrogens is 578 g/mol. The molecule has 0 bridgehead atoms. The summed E-state index contributed by atoms with van der Waals surface area (Å²) < 4.78 is 0.862. The predicted octanol–water partition coefficient (Wildman–Crippen LogP) is 8.44. The van der Waals surface area contributed by atoms with Crippen molar-refractivity contribution in [1.29, 1.82) is 5.26 Å². The Hall–Kier alpha value is -3.27. The zero-order chi connectivity index (χ0) is 28.6. The van der Waals surface area contributed by atoms with Crippen LogP contribution in [0.4, 0.5) is 5.69 Å². The number of para-hydroxylation sites is 1. The van der Waals surface area contributed by atoms with Gasteiger partial charge in [-0.05, 0) is 76.0 Å². The largest absolute Gasteiger partial charge is 0.384 e. The number of rotatable bonds is 6. The summed E-state index contributed by atoms with van der Waals surface area (Å²) in [5.74, 6) is 1.77. The second-order valence-corrected chi connectivity index (χ2v) is 13.4. The number of allylic oxidation sites excluding steroid dienone is 3. The molecule has 1 unspecified atom stereocenters. The van der Waals surface area contributed by atoms with Crippen molar-refractivity contribution in [1.82, 2.24) is 0 Å². The summed E-state index contributed by atoms with van der Waals surface area (Å²) in [6.07, 6.45) is 1.13. The van der Waals surface area contributed by atoms with E-state index < -0.39 is 5.92 Å². The quantitative estimate of drug-likeness (QED) is 0.303. The van der Waals surface area contributed by atoms with Crippen LogP contribution in [0.2, 0.25) is 0 Å². The topological polar surface area (TPSA) is 70.1 Å². The van der Waals surface area contributed by atoms with E-state index in [0.717, 1.165) is 44.1 Å². The first kappa shape index (κ1) is 28.3. The van der Waals surface area contributed by atoms with Gasteiger partial charge < -0.3 is 5.73 Å². The van der Waals surface area contributed by atoms with Crippen molar-refractivity contribution >= 4 is 39.2 Å². The van der Waals surface area contributed by atoms with Gasteiger partial charge in [-0.3, -0.25) is 9.69 Å². The van der Waals surface area contributed by atoms with Gasteiger partial charge in [0.05, 0.1) is 23.2 Å². The number of thioether (sulfide) groups is 1. The zero-order valence-electron chi connectivity index (χ0n) is 23.4. The van der Waals surface area contributed by atoms with E-state index in [0.29, 0.717) is 29.8 Å². The van der Waals surface area contributed by atoms with Gasteiger partial charge >= 0.3 is 0 Å². The van der Waals surface area contributed by atoms with Gasteiger partial charge in [-0.25, -0.2) is 0 Å². The van der Waals surface area contributed by atoms with Gasteiger partial charge in [0.25, 0.3) is 0 Å². The van der Waals surface area contributed by atoms with Crippen LogP contribution >= 0.6 is 27.7 Å². The number of carbonyl (C=O) groups excluding carboxylic acids is 1. The minimum atomic E-state index is -0.486. The molecule has 4 nitrogen and oxygen atoms in total. The standard InChI is InChI=1S/C34H34BrN3OS/c1-21-14-24(20-40-19-23-10-6-5-7-11-23)22(2)25(15-21)31-26(18-36)33(37)38(28-13-9-8-12-27(28)35)29-16-34(3,4)17-30(39)32(29)31/h5-15,31H,16-17,19-20,37H2,1-4H3. The number of nitrogens with two attached hydrogens (primary N) is 1. The van der Waals surface area contributed by atoms with E-state index in [1.165, 1.54) is 11.1 Å². The summed E-state index contributed by atoms with van der Waals surface area (Å²) in [5, 5.41) is 10.5. The number of Topliss-reactive ketones (excluding diaryl/α,β-unsaturated/α-hetero) is 1. The number of nitrogens with zero attached hydrogens (tertiary/aromatic N) is 2. The molecule has 5 rings (SSSR count). The fourth-order valence-corrected chi connectivity index (χ4v) is 7.51. The molecular formula is C34H34BrN3OS. The average Bonchev–Trinajstić information content (AvgIpc) is 2.90. The number of carbonyl (C=O) groups is 1. The highest BCUT2D eigenvalue weighted by molar-refractivity contribution is 9.10. The molecule has 0 aromatic heterocycles. The van der Waals surface area contributed by atoms with Crippen molar-refractivity contribution in [3.05, 3.63) is 122 Å². The van der Waals surface area contributed by atoms with Crippen LogP contribution in [0.15, 0.2) is 93.9 Å². The maximum Gasteiger partial charge on any atom is 0.162 e. The molecule has 6 heteroatoms. The van der Waals surface area contributed by atoms with Crippen LogP contribution in [0.25, 0.3) is 0 Å². The van der Waals surface area contributed by atoms with Crippen molar-refractivity contribution in [3.63, 3.8) is 0 Å². The Morgan fingerprint density at radius 1 is 1.05 bits per heavy atom. The monoisotopic (exact) mass is 611 g/mol. The average molecular weight is 613 g/mol. The molecule has 0 spiro atoms. The third-order valence-corrected chi connectivity index (χ3v) is 9.58. The number of nitriles is 1. The number of anilines is 1. The van der Waals surface area contributed by atoms with E-state index in [4.69, 9.17) is 5.73 Å². The second-order valence-electron chi connectivity index (χ2n) is 11.5. The minimum Gasteiger partial charge on any atom is -0.384 e.